The highest BCUT2D eigenvalue weighted by Crippen LogP contribution is 2.43. The second kappa shape index (κ2) is 5.61. The molecule has 3 rings (SSSR count). The van der Waals surface area contributed by atoms with Gasteiger partial charge in [0.1, 0.15) is 0 Å². The molecule has 1 aliphatic heterocycles. The van der Waals surface area contributed by atoms with Crippen molar-refractivity contribution in [3.8, 4) is 0 Å². The van der Waals surface area contributed by atoms with Crippen LogP contribution >= 0.6 is 0 Å². The predicted octanol–water partition coefficient (Wildman–Crippen LogP) is 2.28. The first-order valence-corrected chi connectivity index (χ1v) is 7.44. The Morgan fingerprint density at radius 2 is 2.16 bits per heavy atom. The Kier molecular flexibility index (Phi) is 3.87. The van der Waals surface area contributed by atoms with Crippen molar-refractivity contribution in [3.05, 3.63) is 35.4 Å². The van der Waals surface area contributed by atoms with Crippen LogP contribution in [0.2, 0.25) is 0 Å². The third-order valence-corrected chi connectivity index (χ3v) is 4.31. The summed E-state index contributed by atoms with van der Waals surface area (Å²) in [4.78, 5) is 2.50. The largest absolute Gasteiger partial charge is 0.376 e. The summed E-state index contributed by atoms with van der Waals surface area (Å²) >= 11 is 0. The van der Waals surface area contributed by atoms with Gasteiger partial charge in [-0.2, -0.15) is 0 Å². The van der Waals surface area contributed by atoms with Gasteiger partial charge in [0.05, 0.1) is 12.7 Å². The van der Waals surface area contributed by atoms with Crippen LogP contribution in [0.4, 0.5) is 0 Å². The average molecular weight is 260 g/mol. The van der Waals surface area contributed by atoms with Gasteiger partial charge in [-0.15, -0.1) is 0 Å². The molecule has 2 atom stereocenters. The monoisotopic (exact) mass is 260 g/mol. The van der Waals surface area contributed by atoms with Crippen molar-refractivity contribution in [1.29, 1.82) is 0 Å². The van der Waals surface area contributed by atoms with E-state index in [4.69, 9.17) is 10.5 Å². The maximum atomic E-state index is 6.09. The van der Waals surface area contributed by atoms with Gasteiger partial charge in [-0.3, -0.25) is 4.90 Å². The van der Waals surface area contributed by atoms with Crippen molar-refractivity contribution in [2.45, 2.75) is 37.8 Å². The predicted molar refractivity (Wildman–Crippen MR) is 77.2 cm³/mol. The molecule has 0 spiro atoms. The lowest BCUT2D eigenvalue weighted by Gasteiger charge is -2.37. The number of hydrogen-bond donors (Lipinski definition) is 1. The van der Waals surface area contributed by atoms with E-state index in [2.05, 4.69) is 36.1 Å². The Morgan fingerprint density at radius 1 is 1.37 bits per heavy atom. The van der Waals surface area contributed by atoms with Crippen LogP contribution in [0.25, 0.3) is 0 Å². The molecule has 1 heterocycles. The topological polar surface area (TPSA) is 38.5 Å². The number of ether oxygens (including phenoxy) is 1. The van der Waals surface area contributed by atoms with Gasteiger partial charge in [0.15, 0.2) is 0 Å². The maximum absolute atomic E-state index is 6.09. The molecule has 1 aromatic rings. The van der Waals surface area contributed by atoms with Crippen molar-refractivity contribution in [1.82, 2.24) is 4.90 Å². The summed E-state index contributed by atoms with van der Waals surface area (Å²) in [5, 5.41) is 0. The molecule has 2 aliphatic rings. The molecule has 1 saturated carbocycles. The van der Waals surface area contributed by atoms with E-state index in [1.54, 1.807) is 0 Å². The van der Waals surface area contributed by atoms with Gasteiger partial charge >= 0.3 is 0 Å². The minimum Gasteiger partial charge on any atom is -0.376 e. The van der Waals surface area contributed by atoms with Crippen molar-refractivity contribution in [3.63, 3.8) is 0 Å². The minimum atomic E-state index is 0.316. The Bertz CT molecular complexity index is 431. The highest BCUT2D eigenvalue weighted by atomic mass is 16.5. The molecule has 2 N–H and O–H groups in total. The van der Waals surface area contributed by atoms with Gasteiger partial charge in [0, 0.05) is 25.7 Å². The molecule has 3 heteroatoms. The van der Waals surface area contributed by atoms with Gasteiger partial charge in [-0.05, 0) is 36.8 Å². The third kappa shape index (κ3) is 2.83. The fourth-order valence-corrected chi connectivity index (χ4v) is 3.18. The van der Waals surface area contributed by atoms with Crippen molar-refractivity contribution < 1.29 is 4.74 Å². The Morgan fingerprint density at radius 3 is 2.84 bits per heavy atom. The molecule has 0 bridgehead atoms. The quantitative estimate of drug-likeness (QED) is 0.902. The summed E-state index contributed by atoms with van der Waals surface area (Å²) in [6.07, 6.45) is 3.00. The first kappa shape index (κ1) is 13.1. The van der Waals surface area contributed by atoms with Crippen LogP contribution in [0.1, 0.15) is 42.9 Å². The van der Waals surface area contributed by atoms with Crippen LogP contribution in [-0.4, -0.2) is 37.2 Å². The van der Waals surface area contributed by atoms with E-state index in [1.807, 2.05) is 0 Å². The zero-order chi connectivity index (χ0) is 13.2. The number of nitrogens with zero attached hydrogens (tertiary/aromatic N) is 1. The zero-order valence-electron chi connectivity index (χ0n) is 11.7. The molecule has 2 unspecified atom stereocenters. The molecule has 3 nitrogen and oxygen atoms in total. The summed E-state index contributed by atoms with van der Waals surface area (Å²) in [6, 6.07) is 9.22. The number of benzene rings is 1. The van der Waals surface area contributed by atoms with Crippen LogP contribution in [0, 0.1) is 0 Å². The fourth-order valence-electron chi connectivity index (χ4n) is 3.18. The van der Waals surface area contributed by atoms with Gasteiger partial charge in [-0.1, -0.05) is 24.3 Å². The van der Waals surface area contributed by atoms with Crippen LogP contribution in [-0.2, 0) is 4.74 Å². The van der Waals surface area contributed by atoms with Gasteiger partial charge < -0.3 is 10.5 Å². The highest BCUT2D eigenvalue weighted by Gasteiger charge is 2.31. The summed E-state index contributed by atoms with van der Waals surface area (Å²) in [5.41, 5.74) is 9.06. The van der Waals surface area contributed by atoms with Crippen molar-refractivity contribution in [2.75, 3.05) is 26.2 Å². The number of nitrogens with two attached hydrogens (primary N) is 1. The summed E-state index contributed by atoms with van der Waals surface area (Å²) in [6.45, 7) is 5.64. The summed E-state index contributed by atoms with van der Waals surface area (Å²) < 4.78 is 5.65. The number of rotatable bonds is 4. The van der Waals surface area contributed by atoms with Crippen molar-refractivity contribution in [2.24, 2.45) is 5.73 Å². The lowest BCUT2D eigenvalue weighted by Crippen LogP contribution is -2.45. The normalized spacial score (nSPS) is 26.3. The Hall–Kier alpha value is -0.900. The van der Waals surface area contributed by atoms with E-state index in [1.165, 1.54) is 24.0 Å². The molecule has 19 heavy (non-hydrogen) atoms. The first-order valence-electron chi connectivity index (χ1n) is 7.44. The molecule has 0 amide bonds. The SMILES string of the molecule is CC1CN(C(CN)c2ccccc2C2CC2)CCO1. The number of morpholine rings is 1. The first-order chi connectivity index (χ1) is 9.29. The van der Waals surface area contributed by atoms with E-state index in [-0.39, 0.29) is 0 Å². The van der Waals surface area contributed by atoms with E-state index in [0.717, 1.165) is 25.6 Å². The van der Waals surface area contributed by atoms with Crippen molar-refractivity contribution >= 4 is 0 Å². The van der Waals surface area contributed by atoms with Gasteiger partial charge in [0.25, 0.3) is 0 Å². The molecule has 2 fully saturated rings. The second-order valence-corrected chi connectivity index (χ2v) is 5.83. The van der Waals surface area contributed by atoms with E-state index < -0.39 is 0 Å². The fraction of sp³-hybridized carbons (Fsp3) is 0.625. The van der Waals surface area contributed by atoms with E-state index in [0.29, 0.717) is 18.7 Å². The van der Waals surface area contributed by atoms with Crippen LogP contribution in [0.15, 0.2) is 24.3 Å². The van der Waals surface area contributed by atoms with E-state index >= 15 is 0 Å². The van der Waals surface area contributed by atoms with E-state index in [9.17, 15) is 0 Å². The standard InChI is InChI=1S/C16H24N2O/c1-12-11-18(8-9-19-12)16(10-17)15-5-3-2-4-14(15)13-6-7-13/h2-5,12-13,16H,6-11,17H2,1H3. The molecule has 0 aromatic heterocycles. The minimum absolute atomic E-state index is 0.316. The molecule has 1 aliphatic carbocycles. The highest BCUT2D eigenvalue weighted by molar-refractivity contribution is 5.36. The second-order valence-electron chi connectivity index (χ2n) is 5.83. The molecular formula is C16H24N2O. The average Bonchev–Trinajstić information content (AvgIpc) is 3.25. The summed E-state index contributed by atoms with van der Waals surface area (Å²) in [5.74, 6) is 0.781. The molecular weight excluding hydrogens is 236 g/mol. The Labute approximate surface area is 115 Å². The van der Waals surface area contributed by atoms with Gasteiger partial charge in [-0.25, -0.2) is 0 Å². The lowest BCUT2D eigenvalue weighted by atomic mass is 9.95. The molecule has 1 aromatic carbocycles. The zero-order valence-corrected chi connectivity index (χ0v) is 11.7. The summed E-state index contributed by atoms with van der Waals surface area (Å²) in [7, 11) is 0. The van der Waals surface area contributed by atoms with Crippen LogP contribution in [0.5, 0.6) is 0 Å². The number of hydrogen-bond acceptors (Lipinski definition) is 3. The van der Waals surface area contributed by atoms with Gasteiger partial charge in [0.2, 0.25) is 0 Å². The molecule has 104 valence electrons. The maximum Gasteiger partial charge on any atom is 0.0674 e. The van der Waals surface area contributed by atoms with Crippen LogP contribution in [0.3, 0.4) is 0 Å². The lowest BCUT2D eigenvalue weighted by molar-refractivity contribution is -0.0334. The van der Waals surface area contributed by atoms with Crippen LogP contribution < -0.4 is 5.73 Å². The molecule has 0 radical (unpaired) electrons. The Balaban J connectivity index is 1.85. The third-order valence-electron chi connectivity index (χ3n) is 4.31. The molecule has 1 saturated heterocycles. The smallest absolute Gasteiger partial charge is 0.0674 e.